The molecule has 0 aromatic rings. The van der Waals surface area contributed by atoms with Crippen molar-refractivity contribution in [3.05, 3.63) is 12.5 Å². The van der Waals surface area contributed by atoms with Gasteiger partial charge in [0.2, 0.25) is 5.79 Å². The van der Waals surface area contributed by atoms with E-state index < -0.39 is 0 Å². The van der Waals surface area contributed by atoms with Crippen LogP contribution in [0.1, 0.15) is 84.5 Å². The van der Waals surface area contributed by atoms with E-state index in [2.05, 4.69) is 13.8 Å². The predicted molar refractivity (Wildman–Crippen MR) is 76.2 cm³/mol. The van der Waals surface area contributed by atoms with Gasteiger partial charge in [-0.3, -0.25) is 0 Å². The summed E-state index contributed by atoms with van der Waals surface area (Å²) in [6, 6.07) is 0. The van der Waals surface area contributed by atoms with Crippen LogP contribution < -0.4 is 0 Å². The molecule has 0 saturated carbocycles. The first-order valence-corrected chi connectivity index (χ1v) is 7.83. The van der Waals surface area contributed by atoms with Gasteiger partial charge in [-0.1, -0.05) is 58.8 Å². The summed E-state index contributed by atoms with van der Waals surface area (Å²) in [7, 11) is 0. The van der Waals surface area contributed by atoms with Crippen molar-refractivity contribution in [2.24, 2.45) is 0 Å². The highest BCUT2D eigenvalue weighted by Crippen LogP contribution is 2.31. The summed E-state index contributed by atoms with van der Waals surface area (Å²) in [6.45, 7) is 4.45. The minimum Gasteiger partial charge on any atom is -0.457 e. The van der Waals surface area contributed by atoms with Crippen LogP contribution in [0.15, 0.2) is 12.5 Å². The normalized spacial score (nSPS) is 16.6. The molecule has 106 valence electrons. The Morgan fingerprint density at radius 2 is 1.22 bits per heavy atom. The zero-order valence-corrected chi connectivity index (χ0v) is 12.2. The number of hydrogen-bond acceptors (Lipinski definition) is 2. The van der Waals surface area contributed by atoms with Gasteiger partial charge in [0.15, 0.2) is 0 Å². The highest BCUT2D eigenvalue weighted by molar-refractivity contribution is 4.83. The number of ether oxygens (including phenoxy) is 2. The summed E-state index contributed by atoms with van der Waals surface area (Å²) in [5.41, 5.74) is 0. The summed E-state index contributed by atoms with van der Waals surface area (Å²) in [4.78, 5) is 0. The first-order chi connectivity index (χ1) is 8.83. The molecule has 1 rings (SSSR count). The van der Waals surface area contributed by atoms with E-state index >= 15 is 0 Å². The van der Waals surface area contributed by atoms with Crippen LogP contribution in [-0.4, -0.2) is 5.79 Å². The molecule has 0 aliphatic carbocycles. The van der Waals surface area contributed by atoms with Gasteiger partial charge in [-0.15, -0.1) is 0 Å². The van der Waals surface area contributed by atoms with E-state index in [1.54, 1.807) is 12.5 Å². The molecule has 0 saturated heterocycles. The average molecular weight is 254 g/mol. The van der Waals surface area contributed by atoms with Crippen molar-refractivity contribution >= 4 is 0 Å². The molecule has 0 spiro atoms. The standard InChI is InChI=1S/C16H30O2/c1-3-5-6-7-8-9-10-11-13-16(12-4-2)17-14-15-18-16/h14-15H,3-13H2,1-2H3. The van der Waals surface area contributed by atoms with Crippen LogP contribution in [0.5, 0.6) is 0 Å². The molecular formula is C16H30O2. The molecule has 0 aromatic heterocycles. The molecule has 0 radical (unpaired) electrons. The van der Waals surface area contributed by atoms with Gasteiger partial charge in [0.05, 0.1) is 0 Å². The van der Waals surface area contributed by atoms with Crippen molar-refractivity contribution in [2.75, 3.05) is 0 Å². The molecule has 0 unspecified atom stereocenters. The van der Waals surface area contributed by atoms with Gasteiger partial charge in [0.1, 0.15) is 12.5 Å². The molecule has 2 nitrogen and oxygen atoms in total. The molecule has 1 aliphatic heterocycles. The Balaban J connectivity index is 1.99. The molecule has 0 aromatic carbocycles. The third-order valence-electron chi connectivity index (χ3n) is 3.66. The second-order valence-electron chi connectivity index (χ2n) is 5.39. The van der Waals surface area contributed by atoms with E-state index in [0.29, 0.717) is 0 Å². The minimum atomic E-state index is -0.322. The fraction of sp³-hybridized carbons (Fsp3) is 0.875. The van der Waals surface area contributed by atoms with Crippen molar-refractivity contribution in [3.63, 3.8) is 0 Å². The van der Waals surface area contributed by atoms with Crippen LogP contribution in [0, 0.1) is 0 Å². The van der Waals surface area contributed by atoms with Gasteiger partial charge in [-0.25, -0.2) is 0 Å². The molecule has 18 heavy (non-hydrogen) atoms. The quantitative estimate of drug-likeness (QED) is 0.451. The Morgan fingerprint density at radius 1 is 0.667 bits per heavy atom. The SMILES string of the molecule is CCCCCCCCCCC1(CCC)OC=CO1. The number of unbranched alkanes of at least 4 members (excludes halogenated alkanes) is 7. The van der Waals surface area contributed by atoms with E-state index in [1.807, 2.05) is 0 Å². The number of rotatable bonds is 11. The lowest BCUT2D eigenvalue weighted by Gasteiger charge is -2.27. The van der Waals surface area contributed by atoms with E-state index in [1.165, 1.54) is 51.4 Å². The molecule has 1 heterocycles. The Bertz CT molecular complexity index is 215. The van der Waals surface area contributed by atoms with Crippen LogP contribution in [0.2, 0.25) is 0 Å². The molecule has 0 fully saturated rings. The van der Waals surface area contributed by atoms with Crippen LogP contribution in [0.3, 0.4) is 0 Å². The second kappa shape index (κ2) is 9.29. The fourth-order valence-corrected chi connectivity index (χ4v) is 2.60. The van der Waals surface area contributed by atoms with Gasteiger partial charge >= 0.3 is 0 Å². The molecule has 0 atom stereocenters. The molecule has 0 N–H and O–H groups in total. The van der Waals surface area contributed by atoms with E-state index in [0.717, 1.165) is 19.3 Å². The highest BCUT2D eigenvalue weighted by atomic mass is 16.7. The summed E-state index contributed by atoms with van der Waals surface area (Å²) in [6.07, 6.45) is 17.3. The van der Waals surface area contributed by atoms with Crippen molar-refractivity contribution in [3.8, 4) is 0 Å². The van der Waals surface area contributed by atoms with Gasteiger partial charge in [0.25, 0.3) is 0 Å². The first-order valence-electron chi connectivity index (χ1n) is 7.83. The average Bonchev–Trinajstić information content (AvgIpc) is 2.82. The largest absolute Gasteiger partial charge is 0.457 e. The van der Waals surface area contributed by atoms with Crippen LogP contribution in [0.4, 0.5) is 0 Å². The Hall–Kier alpha value is -0.660. The van der Waals surface area contributed by atoms with Crippen molar-refractivity contribution in [2.45, 2.75) is 90.3 Å². The highest BCUT2D eigenvalue weighted by Gasteiger charge is 2.33. The second-order valence-corrected chi connectivity index (χ2v) is 5.39. The molecule has 2 heteroatoms. The fourth-order valence-electron chi connectivity index (χ4n) is 2.60. The topological polar surface area (TPSA) is 18.5 Å². The number of hydrogen-bond donors (Lipinski definition) is 0. The van der Waals surface area contributed by atoms with Crippen LogP contribution >= 0.6 is 0 Å². The lowest BCUT2D eigenvalue weighted by atomic mass is 10.0. The summed E-state index contributed by atoms with van der Waals surface area (Å²) >= 11 is 0. The maximum Gasteiger partial charge on any atom is 0.249 e. The first kappa shape index (κ1) is 15.4. The third-order valence-corrected chi connectivity index (χ3v) is 3.66. The smallest absolute Gasteiger partial charge is 0.249 e. The van der Waals surface area contributed by atoms with Crippen LogP contribution in [0.25, 0.3) is 0 Å². The van der Waals surface area contributed by atoms with E-state index in [4.69, 9.17) is 9.47 Å². The van der Waals surface area contributed by atoms with Gasteiger partial charge in [-0.2, -0.15) is 0 Å². The minimum absolute atomic E-state index is 0.322. The molecule has 1 aliphatic rings. The van der Waals surface area contributed by atoms with Gasteiger partial charge in [-0.05, 0) is 12.8 Å². The molecular weight excluding hydrogens is 224 g/mol. The van der Waals surface area contributed by atoms with Crippen molar-refractivity contribution in [1.29, 1.82) is 0 Å². The van der Waals surface area contributed by atoms with Gasteiger partial charge in [0, 0.05) is 12.8 Å². The summed E-state index contributed by atoms with van der Waals surface area (Å²) < 4.78 is 11.3. The van der Waals surface area contributed by atoms with E-state index in [-0.39, 0.29) is 5.79 Å². The summed E-state index contributed by atoms with van der Waals surface area (Å²) in [5, 5.41) is 0. The predicted octanol–water partition coefficient (Wildman–Crippen LogP) is 5.53. The zero-order chi connectivity index (χ0) is 13.1. The Kier molecular flexibility index (Phi) is 7.95. The summed E-state index contributed by atoms with van der Waals surface area (Å²) in [5.74, 6) is -0.322. The zero-order valence-electron chi connectivity index (χ0n) is 12.2. The monoisotopic (exact) mass is 254 g/mol. The van der Waals surface area contributed by atoms with Crippen LogP contribution in [-0.2, 0) is 9.47 Å². The van der Waals surface area contributed by atoms with E-state index in [9.17, 15) is 0 Å². The Morgan fingerprint density at radius 3 is 1.78 bits per heavy atom. The Labute approximate surface area is 113 Å². The van der Waals surface area contributed by atoms with Crippen molar-refractivity contribution in [1.82, 2.24) is 0 Å². The molecule has 0 bridgehead atoms. The van der Waals surface area contributed by atoms with Crippen molar-refractivity contribution < 1.29 is 9.47 Å². The lowest BCUT2D eigenvalue weighted by molar-refractivity contribution is -0.152. The molecule has 0 amide bonds. The maximum atomic E-state index is 5.64. The maximum absolute atomic E-state index is 5.64. The lowest BCUT2D eigenvalue weighted by Crippen LogP contribution is -2.29. The van der Waals surface area contributed by atoms with Gasteiger partial charge < -0.3 is 9.47 Å². The third kappa shape index (κ3) is 5.79.